The molecule has 0 aliphatic heterocycles. The first-order valence-corrected chi connectivity index (χ1v) is 6.04. The Labute approximate surface area is 102 Å². The van der Waals surface area contributed by atoms with Crippen molar-refractivity contribution >= 4 is 0 Å². The first-order chi connectivity index (χ1) is 8.23. The van der Waals surface area contributed by atoms with E-state index >= 15 is 0 Å². The lowest BCUT2D eigenvalue weighted by molar-refractivity contribution is 0.00620. The highest BCUT2D eigenvalue weighted by Gasteiger charge is 2.45. The topological polar surface area (TPSA) is 53.2 Å². The Morgan fingerprint density at radius 2 is 2.18 bits per heavy atom. The third-order valence-electron chi connectivity index (χ3n) is 3.51. The molecular formula is C14H17NO2. The van der Waals surface area contributed by atoms with Gasteiger partial charge >= 0.3 is 0 Å². The Bertz CT molecular complexity index is 432. The molecule has 1 atom stereocenters. The quantitative estimate of drug-likeness (QED) is 0.866. The van der Waals surface area contributed by atoms with Crippen LogP contribution in [0.15, 0.2) is 24.3 Å². The van der Waals surface area contributed by atoms with Gasteiger partial charge in [-0.2, -0.15) is 5.26 Å². The predicted octanol–water partition coefficient (Wildman–Crippen LogP) is 2.81. The highest BCUT2D eigenvalue weighted by Crippen LogP contribution is 2.51. The second-order valence-corrected chi connectivity index (χ2v) is 4.49. The lowest BCUT2D eigenvalue weighted by Gasteiger charge is -2.39. The Balaban J connectivity index is 2.30. The van der Waals surface area contributed by atoms with Crippen LogP contribution in [0.4, 0.5) is 0 Å². The lowest BCUT2D eigenvalue weighted by Crippen LogP contribution is -2.34. The maximum absolute atomic E-state index is 10.4. The number of para-hydroxylation sites is 1. The molecule has 1 fully saturated rings. The molecule has 17 heavy (non-hydrogen) atoms. The standard InChI is InChI=1S/C14H17NO2/c1-2-17-12-7-4-3-6-11(12)13(16)14(10-15)8-5-9-14/h3-4,6-7,13,16H,2,5,8-9H2,1H3. The van der Waals surface area contributed by atoms with Crippen LogP contribution in [0.1, 0.15) is 37.9 Å². The average molecular weight is 231 g/mol. The lowest BCUT2D eigenvalue weighted by atomic mass is 9.64. The van der Waals surface area contributed by atoms with Crippen LogP contribution in [0.25, 0.3) is 0 Å². The Morgan fingerprint density at radius 3 is 2.71 bits per heavy atom. The molecule has 3 heteroatoms. The zero-order chi connectivity index (χ0) is 12.3. The number of nitriles is 1. The largest absolute Gasteiger partial charge is 0.493 e. The van der Waals surface area contributed by atoms with Crippen LogP contribution in [0, 0.1) is 16.7 Å². The van der Waals surface area contributed by atoms with Crippen LogP contribution in [0.3, 0.4) is 0 Å². The molecule has 1 unspecified atom stereocenters. The van der Waals surface area contributed by atoms with Crippen LogP contribution in [0.5, 0.6) is 5.75 Å². The van der Waals surface area contributed by atoms with E-state index in [1.807, 2.05) is 31.2 Å². The van der Waals surface area contributed by atoms with Crippen molar-refractivity contribution in [3.8, 4) is 11.8 Å². The van der Waals surface area contributed by atoms with Gasteiger partial charge in [0.15, 0.2) is 0 Å². The van der Waals surface area contributed by atoms with Crippen LogP contribution in [-0.4, -0.2) is 11.7 Å². The highest BCUT2D eigenvalue weighted by atomic mass is 16.5. The molecule has 0 saturated heterocycles. The van der Waals surface area contributed by atoms with Crippen molar-refractivity contribution in [1.29, 1.82) is 5.26 Å². The SMILES string of the molecule is CCOc1ccccc1C(O)C1(C#N)CCC1. The van der Waals surface area contributed by atoms with Crippen molar-refractivity contribution in [3.05, 3.63) is 29.8 Å². The predicted molar refractivity (Wildman–Crippen MR) is 64.5 cm³/mol. The molecule has 2 rings (SSSR count). The fraction of sp³-hybridized carbons (Fsp3) is 0.500. The highest BCUT2D eigenvalue weighted by molar-refractivity contribution is 5.37. The number of rotatable bonds is 4. The molecule has 1 N–H and O–H groups in total. The Kier molecular flexibility index (Phi) is 3.35. The van der Waals surface area contributed by atoms with Crippen molar-refractivity contribution in [2.45, 2.75) is 32.3 Å². The van der Waals surface area contributed by atoms with Gasteiger partial charge in [-0.1, -0.05) is 24.6 Å². The van der Waals surface area contributed by atoms with Gasteiger partial charge in [-0.25, -0.2) is 0 Å². The molecule has 1 aromatic carbocycles. The summed E-state index contributed by atoms with van der Waals surface area (Å²) in [4.78, 5) is 0. The maximum atomic E-state index is 10.4. The molecule has 0 aromatic heterocycles. The molecule has 0 amide bonds. The van der Waals surface area contributed by atoms with Gasteiger partial charge in [0.2, 0.25) is 0 Å². The summed E-state index contributed by atoms with van der Waals surface area (Å²) in [6.45, 7) is 2.47. The minimum absolute atomic E-state index is 0.559. The molecule has 1 aliphatic rings. The van der Waals surface area contributed by atoms with E-state index in [1.165, 1.54) is 0 Å². The fourth-order valence-electron chi connectivity index (χ4n) is 2.30. The number of ether oxygens (including phenoxy) is 1. The summed E-state index contributed by atoms with van der Waals surface area (Å²) in [5, 5.41) is 19.6. The van der Waals surface area contributed by atoms with Gasteiger partial charge in [-0.15, -0.1) is 0 Å². The van der Waals surface area contributed by atoms with Gasteiger partial charge in [-0.05, 0) is 25.8 Å². The number of aliphatic hydroxyl groups is 1. The summed E-state index contributed by atoms with van der Waals surface area (Å²) in [7, 11) is 0. The number of hydrogen-bond acceptors (Lipinski definition) is 3. The first kappa shape index (κ1) is 11.9. The molecule has 3 nitrogen and oxygen atoms in total. The summed E-state index contributed by atoms with van der Waals surface area (Å²) < 4.78 is 5.50. The van der Waals surface area contributed by atoms with Gasteiger partial charge in [0, 0.05) is 5.56 Å². The molecule has 1 aromatic rings. The van der Waals surface area contributed by atoms with E-state index < -0.39 is 11.5 Å². The Hall–Kier alpha value is -1.53. The second-order valence-electron chi connectivity index (χ2n) is 4.49. The number of benzene rings is 1. The minimum Gasteiger partial charge on any atom is -0.493 e. The van der Waals surface area contributed by atoms with Gasteiger partial charge in [-0.3, -0.25) is 0 Å². The monoisotopic (exact) mass is 231 g/mol. The molecule has 0 bridgehead atoms. The van der Waals surface area contributed by atoms with E-state index in [0.717, 1.165) is 24.8 Å². The summed E-state index contributed by atoms with van der Waals surface area (Å²) in [6.07, 6.45) is 1.81. The third-order valence-corrected chi connectivity index (χ3v) is 3.51. The molecule has 90 valence electrons. The van der Waals surface area contributed by atoms with Gasteiger partial charge < -0.3 is 9.84 Å². The van der Waals surface area contributed by atoms with Gasteiger partial charge in [0.05, 0.1) is 18.1 Å². The normalized spacial score (nSPS) is 18.9. The molecule has 0 radical (unpaired) electrons. The van der Waals surface area contributed by atoms with Crippen molar-refractivity contribution in [3.63, 3.8) is 0 Å². The second kappa shape index (κ2) is 4.77. The smallest absolute Gasteiger partial charge is 0.125 e. The van der Waals surface area contributed by atoms with E-state index in [-0.39, 0.29) is 0 Å². The van der Waals surface area contributed by atoms with E-state index in [4.69, 9.17) is 4.74 Å². The van der Waals surface area contributed by atoms with Crippen LogP contribution < -0.4 is 4.74 Å². The van der Waals surface area contributed by atoms with Crippen molar-refractivity contribution < 1.29 is 9.84 Å². The van der Waals surface area contributed by atoms with E-state index in [1.54, 1.807) is 0 Å². The Morgan fingerprint density at radius 1 is 1.47 bits per heavy atom. The van der Waals surface area contributed by atoms with Crippen molar-refractivity contribution in [2.24, 2.45) is 5.41 Å². The van der Waals surface area contributed by atoms with E-state index in [0.29, 0.717) is 12.4 Å². The third kappa shape index (κ3) is 2.01. The summed E-state index contributed by atoms with van der Waals surface area (Å²) in [5.74, 6) is 0.684. The van der Waals surface area contributed by atoms with Gasteiger partial charge in [0.25, 0.3) is 0 Å². The van der Waals surface area contributed by atoms with Crippen molar-refractivity contribution in [2.75, 3.05) is 6.61 Å². The fourth-order valence-corrected chi connectivity index (χ4v) is 2.30. The summed E-state index contributed by atoms with van der Waals surface area (Å²) in [5.41, 5.74) is 0.128. The minimum atomic E-state index is -0.746. The zero-order valence-electron chi connectivity index (χ0n) is 10.0. The molecule has 0 spiro atoms. The zero-order valence-corrected chi connectivity index (χ0v) is 10.0. The molecular weight excluding hydrogens is 214 g/mol. The van der Waals surface area contributed by atoms with E-state index in [2.05, 4.69) is 6.07 Å². The first-order valence-electron chi connectivity index (χ1n) is 6.04. The van der Waals surface area contributed by atoms with Crippen LogP contribution >= 0.6 is 0 Å². The van der Waals surface area contributed by atoms with Gasteiger partial charge in [0.1, 0.15) is 11.9 Å². The number of hydrogen-bond donors (Lipinski definition) is 1. The molecule has 0 heterocycles. The number of nitrogens with zero attached hydrogens (tertiary/aromatic N) is 1. The van der Waals surface area contributed by atoms with Crippen LogP contribution in [0.2, 0.25) is 0 Å². The summed E-state index contributed by atoms with van der Waals surface area (Å²) >= 11 is 0. The average Bonchev–Trinajstić information content (AvgIpc) is 2.29. The number of aliphatic hydroxyl groups excluding tert-OH is 1. The van der Waals surface area contributed by atoms with Crippen LogP contribution in [-0.2, 0) is 0 Å². The van der Waals surface area contributed by atoms with E-state index in [9.17, 15) is 10.4 Å². The summed E-state index contributed by atoms with van der Waals surface area (Å²) in [6, 6.07) is 9.70. The molecule has 1 aliphatic carbocycles. The maximum Gasteiger partial charge on any atom is 0.125 e. The molecule has 1 saturated carbocycles. The van der Waals surface area contributed by atoms with Crippen molar-refractivity contribution in [1.82, 2.24) is 0 Å².